The molecule has 158 valence electrons. The Hall–Kier alpha value is -3.23. The van der Waals surface area contributed by atoms with Gasteiger partial charge in [0, 0.05) is 62.0 Å². The molecule has 0 unspecified atom stereocenters. The molecule has 8 nitrogen and oxygen atoms in total. The highest BCUT2D eigenvalue weighted by Gasteiger charge is 2.22. The summed E-state index contributed by atoms with van der Waals surface area (Å²) < 4.78 is 7.00. The van der Waals surface area contributed by atoms with Gasteiger partial charge in [-0.3, -0.25) is 9.69 Å². The lowest BCUT2D eigenvalue weighted by Gasteiger charge is -2.34. The van der Waals surface area contributed by atoms with Crippen LogP contribution in [0.4, 0.5) is 0 Å². The van der Waals surface area contributed by atoms with Crippen molar-refractivity contribution in [3.8, 4) is 22.6 Å². The van der Waals surface area contributed by atoms with Crippen LogP contribution in [0.5, 0.6) is 0 Å². The van der Waals surface area contributed by atoms with Crippen LogP contribution in [0.25, 0.3) is 28.3 Å². The number of halogens is 1. The third kappa shape index (κ3) is 3.92. The first kappa shape index (κ1) is 19.7. The molecule has 0 spiro atoms. The van der Waals surface area contributed by atoms with Crippen LogP contribution < -0.4 is 0 Å². The Labute approximate surface area is 184 Å². The van der Waals surface area contributed by atoms with Crippen molar-refractivity contribution < 1.29 is 9.32 Å². The van der Waals surface area contributed by atoms with Crippen LogP contribution in [0, 0.1) is 0 Å². The van der Waals surface area contributed by atoms with E-state index in [0.717, 1.165) is 54.3 Å². The zero-order valence-corrected chi connectivity index (χ0v) is 17.8. The summed E-state index contributed by atoms with van der Waals surface area (Å²) >= 11 is 6.10. The SMILES string of the molecule is CC(=O)N1CCN(Cc2c(-c3ccc(Cl)cc3)nc3ccc(-c4ncon4)cn23)CC1. The second-order valence-electron chi connectivity index (χ2n) is 7.60. The van der Waals surface area contributed by atoms with E-state index in [4.69, 9.17) is 21.1 Å². The molecular weight excluding hydrogens is 416 g/mol. The standard InChI is InChI=1S/C22H21ClN6O2/c1-15(30)28-10-8-27(9-11-28)13-19-21(16-2-5-18(23)6-3-16)25-20-7-4-17(12-29(19)20)22-24-14-31-26-22/h2-7,12,14H,8-11,13H2,1H3. The lowest BCUT2D eigenvalue weighted by atomic mass is 10.1. The van der Waals surface area contributed by atoms with E-state index >= 15 is 0 Å². The van der Waals surface area contributed by atoms with Crippen molar-refractivity contribution >= 4 is 23.2 Å². The summed E-state index contributed by atoms with van der Waals surface area (Å²) in [6.45, 7) is 5.43. The van der Waals surface area contributed by atoms with Gasteiger partial charge >= 0.3 is 0 Å². The molecule has 1 fully saturated rings. The van der Waals surface area contributed by atoms with Crippen molar-refractivity contribution in [1.82, 2.24) is 29.3 Å². The molecule has 0 saturated carbocycles. The van der Waals surface area contributed by atoms with E-state index in [2.05, 4.69) is 19.4 Å². The smallest absolute Gasteiger partial charge is 0.219 e. The highest BCUT2D eigenvalue weighted by Crippen LogP contribution is 2.29. The van der Waals surface area contributed by atoms with Crippen LogP contribution in [-0.4, -0.2) is 61.4 Å². The number of pyridine rings is 1. The highest BCUT2D eigenvalue weighted by molar-refractivity contribution is 6.30. The van der Waals surface area contributed by atoms with Gasteiger partial charge in [0.2, 0.25) is 18.1 Å². The fourth-order valence-electron chi connectivity index (χ4n) is 3.95. The number of aromatic nitrogens is 4. The molecule has 3 aromatic heterocycles. The van der Waals surface area contributed by atoms with E-state index in [1.54, 1.807) is 6.92 Å². The summed E-state index contributed by atoms with van der Waals surface area (Å²) in [7, 11) is 0. The molecule has 0 aliphatic carbocycles. The number of amides is 1. The molecule has 9 heteroatoms. The minimum atomic E-state index is 0.126. The molecule has 1 aliphatic heterocycles. The fraction of sp³-hybridized carbons (Fsp3) is 0.273. The largest absolute Gasteiger partial charge is 0.342 e. The lowest BCUT2D eigenvalue weighted by Crippen LogP contribution is -2.47. The van der Waals surface area contributed by atoms with Gasteiger partial charge in [0.05, 0.1) is 11.4 Å². The maximum absolute atomic E-state index is 11.7. The molecule has 0 N–H and O–H groups in total. The second-order valence-corrected chi connectivity index (χ2v) is 8.03. The number of carbonyl (C=O) groups excluding carboxylic acids is 1. The maximum Gasteiger partial charge on any atom is 0.219 e. The van der Waals surface area contributed by atoms with E-state index in [1.165, 1.54) is 6.39 Å². The number of carbonyl (C=O) groups is 1. The third-order valence-corrected chi connectivity index (χ3v) is 5.90. The summed E-state index contributed by atoms with van der Waals surface area (Å²) in [4.78, 5) is 25.0. The van der Waals surface area contributed by atoms with Gasteiger partial charge in [0.15, 0.2) is 0 Å². The average Bonchev–Trinajstić information content (AvgIpc) is 3.43. The predicted molar refractivity (Wildman–Crippen MR) is 116 cm³/mol. The van der Waals surface area contributed by atoms with Gasteiger partial charge < -0.3 is 13.8 Å². The summed E-state index contributed by atoms with van der Waals surface area (Å²) in [6, 6.07) is 11.6. The molecule has 31 heavy (non-hydrogen) atoms. The summed E-state index contributed by atoms with van der Waals surface area (Å²) in [6.07, 6.45) is 3.32. The van der Waals surface area contributed by atoms with Crippen molar-refractivity contribution in [3.63, 3.8) is 0 Å². The molecule has 0 atom stereocenters. The first-order chi connectivity index (χ1) is 15.1. The first-order valence-corrected chi connectivity index (χ1v) is 10.5. The average molecular weight is 437 g/mol. The number of piperazine rings is 1. The molecule has 0 radical (unpaired) electrons. The van der Waals surface area contributed by atoms with Crippen molar-refractivity contribution in [2.75, 3.05) is 26.2 Å². The Morgan fingerprint density at radius 3 is 2.48 bits per heavy atom. The van der Waals surface area contributed by atoms with Crippen LogP contribution in [0.2, 0.25) is 5.02 Å². The van der Waals surface area contributed by atoms with E-state index in [-0.39, 0.29) is 5.91 Å². The normalized spacial score (nSPS) is 15.0. The van der Waals surface area contributed by atoms with Crippen LogP contribution in [0.1, 0.15) is 12.6 Å². The molecule has 1 aromatic carbocycles. The minimum Gasteiger partial charge on any atom is -0.342 e. The molecular formula is C22H21ClN6O2. The van der Waals surface area contributed by atoms with E-state index < -0.39 is 0 Å². The van der Waals surface area contributed by atoms with Crippen LogP contribution in [0.15, 0.2) is 53.5 Å². The Kier molecular flexibility index (Phi) is 5.17. The Morgan fingerprint density at radius 1 is 1.06 bits per heavy atom. The number of imidazole rings is 1. The topological polar surface area (TPSA) is 79.8 Å². The zero-order chi connectivity index (χ0) is 21.4. The highest BCUT2D eigenvalue weighted by atomic mass is 35.5. The number of rotatable bonds is 4. The van der Waals surface area contributed by atoms with E-state index in [1.807, 2.05) is 47.5 Å². The van der Waals surface area contributed by atoms with Gasteiger partial charge in [-0.1, -0.05) is 28.9 Å². The van der Waals surface area contributed by atoms with Crippen LogP contribution in [0.3, 0.4) is 0 Å². The van der Waals surface area contributed by atoms with Crippen LogP contribution >= 0.6 is 11.6 Å². The van der Waals surface area contributed by atoms with E-state index in [0.29, 0.717) is 17.4 Å². The molecule has 1 amide bonds. The maximum atomic E-state index is 11.7. The Bertz CT molecular complexity index is 1210. The molecule has 4 heterocycles. The Morgan fingerprint density at radius 2 is 1.81 bits per heavy atom. The fourth-order valence-corrected chi connectivity index (χ4v) is 4.07. The van der Waals surface area contributed by atoms with Crippen molar-refractivity contribution in [1.29, 1.82) is 0 Å². The predicted octanol–water partition coefficient (Wildman–Crippen LogP) is 3.37. The van der Waals surface area contributed by atoms with Gasteiger partial charge in [-0.25, -0.2) is 4.98 Å². The summed E-state index contributed by atoms with van der Waals surface area (Å²) in [5.74, 6) is 0.658. The molecule has 1 saturated heterocycles. The molecule has 5 rings (SSSR count). The van der Waals surface area contributed by atoms with E-state index in [9.17, 15) is 4.79 Å². The first-order valence-electron chi connectivity index (χ1n) is 10.1. The second kappa shape index (κ2) is 8.13. The molecule has 1 aliphatic rings. The Balaban J connectivity index is 1.55. The van der Waals surface area contributed by atoms with Gasteiger partial charge in [-0.2, -0.15) is 4.98 Å². The van der Waals surface area contributed by atoms with Gasteiger partial charge in [0.25, 0.3) is 0 Å². The quantitative estimate of drug-likeness (QED) is 0.488. The number of hydrogen-bond acceptors (Lipinski definition) is 6. The number of nitrogens with zero attached hydrogens (tertiary/aromatic N) is 6. The summed E-state index contributed by atoms with van der Waals surface area (Å²) in [5, 5.41) is 4.64. The van der Waals surface area contributed by atoms with Gasteiger partial charge in [-0.15, -0.1) is 0 Å². The third-order valence-electron chi connectivity index (χ3n) is 5.65. The lowest BCUT2D eigenvalue weighted by molar-refractivity contribution is -0.130. The van der Waals surface area contributed by atoms with Crippen molar-refractivity contribution in [3.05, 3.63) is 59.7 Å². The van der Waals surface area contributed by atoms with Gasteiger partial charge in [-0.05, 0) is 24.3 Å². The monoisotopic (exact) mass is 436 g/mol. The number of benzene rings is 1. The molecule has 4 aromatic rings. The number of fused-ring (bicyclic) bond motifs is 1. The van der Waals surface area contributed by atoms with Gasteiger partial charge in [0.1, 0.15) is 5.65 Å². The summed E-state index contributed by atoms with van der Waals surface area (Å²) in [5.41, 5.74) is 4.68. The zero-order valence-electron chi connectivity index (χ0n) is 17.0. The van der Waals surface area contributed by atoms with Crippen LogP contribution in [-0.2, 0) is 11.3 Å². The minimum absolute atomic E-state index is 0.126. The van der Waals surface area contributed by atoms with Crippen molar-refractivity contribution in [2.45, 2.75) is 13.5 Å². The van der Waals surface area contributed by atoms with Crippen molar-refractivity contribution in [2.24, 2.45) is 0 Å². The molecule has 0 bridgehead atoms. The number of hydrogen-bond donors (Lipinski definition) is 0.